The van der Waals surface area contributed by atoms with E-state index in [1.54, 1.807) is 0 Å². The van der Waals surface area contributed by atoms with Gasteiger partial charge in [-0.3, -0.25) is 5.10 Å². The molecule has 142 valence electrons. The highest BCUT2D eigenvalue weighted by atomic mass is 15.3. The number of aromatic amines is 1. The predicted molar refractivity (Wildman–Crippen MR) is 110 cm³/mol. The number of nitrogens with zero attached hydrogens (tertiary/aromatic N) is 4. The van der Waals surface area contributed by atoms with E-state index in [0.29, 0.717) is 12.0 Å². The summed E-state index contributed by atoms with van der Waals surface area (Å²) in [5, 5.41) is 15.2. The fourth-order valence-electron chi connectivity index (χ4n) is 3.53. The molecule has 2 aromatic heterocycles. The Hall–Kier alpha value is -2.67. The number of aryl methyl sites for hydroxylation is 1. The number of fused-ring (bicyclic) bond motifs is 1. The zero-order chi connectivity index (χ0) is 18.8. The van der Waals surface area contributed by atoms with E-state index in [1.165, 1.54) is 0 Å². The molecule has 1 aromatic carbocycles. The maximum absolute atomic E-state index is 4.82. The van der Waals surface area contributed by atoms with Gasteiger partial charge in [0.1, 0.15) is 5.82 Å². The first-order chi connectivity index (χ1) is 13.1. The number of aromatic nitrogens is 4. The molecule has 0 aliphatic carbocycles. The van der Waals surface area contributed by atoms with Crippen molar-refractivity contribution in [3.8, 4) is 0 Å². The van der Waals surface area contributed by atoms with Crippen LogP contribution in [0.3, 0.4) is 0 Å². The Kier molecular flexibility index (Phi) is 4.94. The van der Waals surface area contributed by atoms with Crippen LogP contribution in [-0.2, 0) is 0 Å². The topological polar surface area (TPSA) is 81.8 Å². The number of hydrogen-bond acceptors (Lipinski definition) is 6. The summed E-state index contributed by atoms with van der Waals surface area (Å²) < 4.78 is 0. The van der Waals surface area contributed by atoms with Crippen molar-refractivity contribution < 1.29 is 0 Å². The Balaban J connectivity index is 1.54. The first kappa shape index (κ1) is 17.7. The minimum Gasteiger partial charge on any atom is -0.340 e. The number of hydrogen-bond donors (Lipinski definition) is 3. The molecule has 4 rings (SSSR count). The van der Waals surface area contributed by atoms with E-state index in [9.17, 15) is 0 Å². The summed E-state index contributed by atoms with van der Waals surface area (Å²) in [5.74, 6) is 2.28. The number of nitrogens with one attached hydrogen (secondary N) is 3. The van der Waals surface area contributed by atoms with Crippen molar-refractivity contribution >= 4 is 28.4 Å². The Bertz CT molecular complexity index is 918. The summed E-state index contributed by atoms with van der Waals surface area (Å²) in [7, 11) is 0. The van der Waals surface area contributed by atoms with Crippen LogP contribution in [0.25, 0.3) is 10.9 Å². The van der Waals surface area contributed by atoms with Crippen molar-refractivity contribution in [1.82, 2.24) is 25.5 Å². The smallest absolute Gasteiger partial charge is 0.227 e. The molecule has 27 heavy (non-hydrogen) atoms. The van der Waals surface area contributed by atoms with Crippen LogP contribution in [0.4, 0.5) is 17.5 Å². The Morgan fingerprint density at radius 3 is 2.96 bits per heavy atom. The second-order valence-corrected chi connectivity index (χ2v) is 7.58. The third-order valence-electron chi connectivity index (χ3n) is 5.25. The van der Waals surface area contributed by atoms with Crippen LogP contribution in [-0.4, -0.2) is 45.8 Å². The molecule has 0 amide bonds. The van der Waals surface area contributed by atoms with Crippen molar-refractivity contribution in [2.45, 2.75) is 33.2 Å². The fourth-order valence-corrected chi connectivity index (χ4v) is 3.53. The van der Waals surface area contributed by atoms with Crippen LogP contribution in [0.5, 0.6) is 0 Å². The molecule has 1 aliphatic rings. The van der Waals surface area contributed by atoms with E-state index < -0.39 is 0 Å². The normalized spacial score (nSPS) is 18.1. The molecule has 7 nitrogen and oxygen atoms in total. The third-order valence-corrected chi connectivity index (χ3v) is 5.25. The lowest BCUT2D eigenvalue weighted by molar-refractivity contribution is 0.403. The zero-order valence-corrected chi connectivity index (χ0v) is 16.2. The van der Waals surface area contributed by atoms with Crippen molar-refractivity contribution in [1.29, 1.82) is 0 Å². The summed E-state index contributed by atoms with van der Waals surface area (Å²) in [5.41, 5.74) is 3.05. The molecular weight excluding hydrogens is 338 g/mol. The van der Waals surface area contributed by atoms with E-state index in [-0.39, 0.29) is 0 Å². The van der Waals surface area contributed by atoms with Gasteiger partial charge in [-0.25, -0.2) is 4.98 Å². The molecule has 1 aliphatic heterocycles. The lowest BCUT2D eigenvalue weighted by atomic mass is 10.0. The average molecular weight is 365 g/mol. The predicted octanol–water partition coefficient (Wildman–Crippen LogP) is 3.23. The van der Waals surface area contributed by atoms with Crippen molar-refractivity contribution in [2.24, 2.45) is 5.92 Å². The number of anilines is 3. The van der Waals surface area contributed by atoms with Gasteiger partial charge in [-0.15, -0.1) is 0 Å². The van der Waals surface area contributed by atoms with Gasteiger partial charge >= 0.3 is 0 Å². The first-order valence-electron chi connectivity index (χ1n) is 9.62. The molecule has 3 aromatic rings. The summed E-state index contributed by atoms with van der Waals surface area (Å²) in [6.07, 6.45) is 4.84. The molecule has 0 bridgehead atoms. The lowest BCUT2D eigenvalue weighted by Crippen LogP contribution is -2.34. The van der Waals surface area contributed by atoms with Crippen LogP contribution >= 0.6 is 0 Å². The molecule has 1 atom stereocenters. The summed E-state index contributed by atoms with van der Waals surface area (Å²) in [6.45, 7) is 9.43. The van der Waals surface area contributed by atoms with Crippen LogP contribution < -0.4 is 15.5 Å². The second kappa shape index (κ2) is 7.52. The van der Waals surface area contributed by atoms with Crippen LogP contribution in [0.2, 0.25) is 0 Å². The molecule has 1 unspecified atom stereocenters. The van der Waals surface area contributed by atoms with Crippen molar-refractivity contribution in [3.05, 3.63) is 36.2 Å². The number of benzene rings is 1. The standard InChI is InChI=1S/C20H27N7/c1-13(2)17-6-8-27(9-7-21-17)20-22-11-14(3)19(25-20)24-16-4-5-18-15(10-16)12-23-26-18/h4-5,10-13,17,21H,6-9H2,1-3H3,(H,23,26)(H,22,24,25). The fraction of sp³-hybridized carbons (Fsp3) is 0.450. The Labute approximate surface area is 159 Å². The van der Waals surface area contributed by atoms with Gasteiger partial charge in [0.2, 0.25) is 5.95 Å². The lowest BCUT2D eigenvalue weighted by Gasteiger charge is -2.22. The highest BCUT2D eigenvalue weighted by Gasteiger charge is 2.20. The van der Waals surface area contributed by atoms with Crippen LogP contribution in [0.1, 0.15) is 25.8 Å². The molecule has 7 heteroatoms. The van der Waals surface area contributed by atoms with Gasteiger partial charge < -0.3 is 15.5 Å². The van der Waals surface area contributed by atoms with E-state index in [1.807, 2.05) is 31.5 Å². The van der Waals surface area contributed by atoms with Gasteiger partial charge in [0.05, 0.1) is 11.7 Å². The molecule has 0 saturated carbocycles. The first-order valence-corrected chi connectivity index (χ1v) is 9.62. The minimum atomic E-state index is 0.555. The van der Waals surface area contributed by atoms with E-state index in [0.717, 1.165) is 60.0 Å². The largest absolute Gasteiger partial charge is 0.340 e. The Morgan fingerprint density at radius 2 is 2.11 bits per heavy atom. The molecule has 0 radical (unpaired) electrons. The number of H-pyrrole nitrogens is 1. The minimum absolute atomic E-state index is 0.555. The van der Waals surface area contributed by atoms with E-state index in [2.05, 4.69) is 50.6 Å². The van der Waals surface area contributed by atoms with E-state index in [4.69, 9.17) is 4.98 Å². The van der Waals surface area contributed by atoms with Gasteiger partial charge in [0.25, 0.3) is 0 Å². The molecular formula is C20H27N7. The van der Waals surface area contributed by atoms with Gasteiger partial charge in [-0.1, -0.05) is 13.8 Å². The van der Waals surface area contributed by atoms with Crippen LogP contribution in [0.15, 0.2) is 30.6 Å². The van der Waals surface area contributed by atoms with Crippen molar-refractivity contribution in [2.75, 3.05) is 29.9 Å². The monoisotopic (exact) mass is 365 g/mol. The Morgan fingerprint density at radius 1 is 1.22 bits per heavy atom. The quantitative estimate of drug-likeness (QED) is 0.659. The third kappa shape index (κ3) is 3.88. The number of rotatable bonds is 4. The summed E-state index contributed by atoms with van der Waals surface area (Å²) >= 11 is 0. The molecule has 0 spiro atoms. The van der Waals surface area contributed by atoms with Gasteiger partial charge in [0, 0.05) is 48.5 Å². The molecule has 1 fully saturated rings. The molecule has 3 heterocycles. The summed E-state index contributed by atoms with van der Waals surface area (Å²) in [4.78, 5) is 11.7. The average Bonchev–Trinajstić information content (AvgIpc) is 2.97. The second-order valence-electron chi connectivity index (χ2n) is 7.58. The highest BCUT2D eigenvalue weighted by molar-refractivity contribution is 5.82. The maximum Gasteiger partial charge on any atom is 0.227 e. The van der Waals surface area contributed by atoms with Gasteiger partial charge in [-0.05, 0) is 37.5 Å². The maximum atomic E-state index is 4.82. The van der Waals surface area contributed by atoms with Gasteiger partial charge in [-0.2, -0.15) is 10.1 Å². The van der Waals surface area contributed by atoms with E-state index >= 15 is 0 Å². The molecule has 3 N–H and O–H groups in total. The SMILES string of the molecule is Cc1cnc(N2CCNC(C(C)C)CC2)nc1Nc1ccc2[nH]ncc2c1. The van der Waals surface area contributed by atoms with Crippen LogP contribution in [0, 0.1) is 12.8 Å². The zero-order valence-electron chi connectivity index (χ0n) is 16.2. The highest BCUT2D eigenvalue weighted by Crippen LogP contribution is 2.24. The van der Waals surface area contributed by atoms with Crippen molar-refractivity contribution in [3.63, 3.8) is 0 Å². The summed E-state index contributed by atoms with van der Waals surface area (Å²) in [6, 6.07) is 6.68. The molecule has 1 saturated heterocycles. The van der Waals surface area contributed by atoms with Gasteiger partial charge in [0.15, 0.2) is 0 Å².